The number of hydrogen-bond donors (Lipinski definition) is 0. The number of nitro benzene ring substituents is 1. The monoisotopic (exact) mass is 411 g/mol. The van der Waals surface area contributed by atoms with Crippen LogP contribution in [-0.4, -0.2) is 54.4 Å². The van der Waals surface area contributed by atoms with E-state index >= 15 is 0 Å². The highest BCUT2D eigenvalue weighted by Gasteiger charge is 2.17. The van der Waals surface area contributed by atoms with Crippen LogP contribution in [0.25, 0.3) is 6.08 Å². The third kappa shape index (κ3) is 5.42. The van der Waals surface area contributed by atoms with Gasteiger partial charge in [0.15, 0.2) is 12.4 Å². The smallest absolute Gasteiger partial charge is 0.262 e. The van der Waals surface area contributed by atoms with E-state index in [1.54, 1.807) is 29.2 Å². The zero-order valence-corrected chi connectivity index (χ0v) is 16.0. The van der Waals surface area contributed by atoms with E-state index in [1.165, 1.54) is 18.2 Å². The van der Waals surface area contributed by atoms with Crippen molar-refractivity contribution in [2.24, 2.45) is 0 Å². The summed E-state index contributed by atoms with van der Waals surface area (Å²) in [6.07, 6.45) is 2.67. The fraction of sp³-hybridized carbons (Fsp3) is 0.238. The van der Waals surface area contributed by atoms with Gasteiger partial charge in [0.2, 0.25) is 0 Å². The van der Waals surface area contributed by atoms with Crippen molar-refractivity contribution >= 4 is 23.5 Å². The van der Waals surface area contributed by atoms with E-state index < -0.39 is 16.4 Å². The molecule has 0 aromatic heterocycles. The third-order valence-corrected chi connectivity index (χ3v) is 4.47. The summed E-state index contributed by atoms with van der Waals surface area (Å²) >= 11 is 0. The summed E-state index contributed by atoms with van der Waals surface area (Å²) in [6, 6.07) is 9.91. The van der Waals surface area contributed by atoms with Gasteiger partial charge in [-0.25, -0.2) is 0 Å². The molecular weight excluding hydrogens is 392 g/mol. The number of allylic oxidation sites excluding steroid dienone is 1. The van der Waals surface area contributed by atoms with E-state index in [4.69, 9.17) is 9.47 Å². The van der Waals surface area contributed by atoms with Gasteiger partial charge in [-0.3, -0.25) is 19.7 Å². The van der Waals surface area contributed by atoms with E-state index in [0.717, 1.165) is 12.1 Å². The highest BCUT2D eigenvalue weighted by molar-refractivity contribution is 6.06. The van der Waals surface area contributed by atoms with Crippen molar-refractivity contribution < 1.29 is 29.1 Å². The molecular formula is C21H19N2O7-. The van der Waals surface area contributed by atoms with Gasteiger partial charge in [0.25, 0.3) is 11.6 Å². The molecule has 1 aliphatic heterocycles. The van der Waals surface area contributed by atoms with Gasteiger partial charge in [-0.15, -0.1) is 0 Å². The van der Waals surface area contributed by atoms with Gasteiger partial charge >= 0.3 is 0 Å². The standard InChI is InChI=1S/C21H20N2O7/c24-19(7-1-15-2-8-20(25)18(13-15)23(27)28)16-3-5-17(6-4-16)30-14-21(26)22-9-11-29-12-10-22/h1-8,13,25H,9-12,14H2/p-1/b7-1+. The first-order valence-corrected chi connectivity index (χ1v) is 9.20. The van der Waals surface area contributed by atoms with Crippen LogP contribution in [0.1, 0.15) is 15.9 Å². The first-order valence-electron chi connectivity index (χ1n) is 9.20. The molecule has 156 valence electrons. The number of carbonyl (C=O) groups excluding carboxylic acids is 2. The Morgan fingerprint density at radius 1 is 1.13 bits per heavy atom. The van der Waals surface area contributed by atoms with Crippen LogP contribution in [0.4, 0.5) is 5.69 Å². The molecule has 0 radical (unpaired) electrons. The maximum Gasteiger partial charge on any atom is 0.262 e. The average molecular weight is 411 g/mol. The zero-order valence-electron chi connectivity index (χ0n) is 16.0. The van der Waals surface area contributed by atoms with E-state index in [9.17, 15) is 24.8 Å². The molecule has 1 fully saturated rings. The summed E-state index contributed by atoms with van der Waals surface area (Å²) in [4.78, 5) is 36.1. The second-order valence-corrected chi connectivity index (χ2v) is 6.49. The maximum absolute atomic E-state index is 12.3. The van der Waals surface area contributed by atoms with Crippen LogP contribution in [0.3, 0.4) is 0 Å². The van der Waals surface area contributed by atoms with Crippen LogP contribution in [0, 0.1) is 10.1 Å². The quantitative estimate of drug-likeness (QED) is 0.295. The van der Waals surface area contributed by atoms with Crippen molar-refractivity contribution in [2.45, 2.75) is 0 Å². The highest BCUT2D eigenvalue weighted by Crippen LogP contribution is 2.24. The first kappa shape index (κ1) is 21.0. The van der Waals surface area contributed by atoms with Crippen LogP contribution in [0.5, 0.6) is 11.5 Å². The summed E-state index contributed by atoms with van der Waals surface area (Å²) in [5.41, 5.74) is 0.210. The molecule has 0 aliphatic carbocycles. The molecule has 1 aliphatic rings. The Bertz CT molecular complexity index is 964. The van der Waals surface area contributed by atoms with Gasteiger partial charge in [-0.05, 0) is 41.7 Å². The molecule has 9 nitrogen and oxygen atoms in total. The molecule has 1 heterocycles. The molecule has 0 N–H and O–H groups in total. The normalized spacial score (nSPS) is 13.9. The molecule has 0 bridgehead atoms. The van der Waals surface area contributed by atoms with Gasteiger partial charge in [-0.1, -0.05) is 18.2 Å². The van der Waals surface area contributed by atoms with Crippen LogP contribution in [0.2, 0.25) is 0 Å². The molecule has 3 rings (SSSR count). The fourth-order valence-electron chi connectivity index (χ4n) is 2.81. The molecule has 0 unspecified atom stereocenters. The molecule has 9 heteroatoms. The van der Waals surface area contributed by atoms with E-state index in [0.29, 0.717) is 43.2 Å². The second-order valence-electron chi connectivity index (χ2n) is 6.49. The summed E-state index contributed by atoms with van der Waals surface area (Å²) in [5.74, 6) is -0.677. The number of hydrogen-bond acceptors (Lipinski definition) is 7. The lowest BCUT2D eigenvalue weighted by Gasteiger charge is -2.26. The minimum absolute atomic E-state index is 0.0956. The molecule has 1 saturated heterocycles. The maximum atomic E-state index is 12.3. The third-order valence-electron chi connectivity index (χ3n) is 4.47. The topological polar surface area (TPSA) is 122 Å². The summed E-state index contributed by atoms with van der Waals surface area (Å²) in [7, 11) is 0. The molecule has 1 amide bonds. The van der Waals surface area contributed by atoms with Crippen LogP contribution < -0.4 is 9.84 Å². The summed E-state index contributed by atoms with van der Waals surface area (Å²) < 4.78 is 10.7. The summed E-state index contributed by atoms with van der Waals surface area (Å²) in [6.45, 7) is 2.03. The number of ketones is 1. The van der Waals surface area contributed by atoms with E-state index in [1.807, 2.05) is 0 Å². The van der Waals surface area contributed by atoms with Crippen LogP contribution >= 0.6 is 0 Å². The number of nitrogens with zero attached hydrogens (tertiary/aromatic N) is 2. The number of morpholine rings is 1. The van der Waals surface area contributed by atoms with Crippen LogP contribution in [-0.2, 0) is 9.53 Å². The second kappa shape index (κ2) is 9.66. The number of benzene rings is 2. The molecule has 2 aromatic rings. The van der Waals surface area contributed by atoms with E-state index in [2.05, 4.69) is 0 Å². The Balaban J connectivity index is 1.57. The van der Waals surface area contributed by atoms with Crippen LogP contribution in [0.15, 0.2) is 48.5 Å². The minimum atomic E-state index is -0.760. The predicted molar refractivity (Wildman–Crippen MR) is 105 cm³/mol. The highest BCUT2D eigenvalue weighted by atomic mass is 16.6. The lowest BCUT2D eigenvalue weighted by atomic mass is 10.1. The largest absolute Gasteiger partial charge is 0.868 e. The van der Waals surface area contributed by atoms with Crippen molar-refractivity contribution in [3.8, 4) is 11.5 Å². The Labute approximate surface area is 172 Å². The number of rotatable bonds is 7. The first-order chi connectivity index (χ1) is 14.4. The summed E-state index contributed by atoms with van der Waals surface area (Å²) in [5, 5.41) is 22.2. The van der Waals surface area contributed by atoms with Gasteiger partial charge < -0.3 is 19.5 Å². The van der Waals surface area contributed by atoms with Gasteiger partial charge in [-0.2, -0.15) is 0 Å². The molecule has 2 aromatic carbocycles. The minimum Gasteiger partial charge on any atom is -0.868 e. The van der Waals surface area contributed by atoms with Crippen molar-refractivity contribution in [1.29, 1.82) is 0 Å². The lowest BCUT2D eigenvalue weighted by molar-refractivity contribution is -0.398. The van der Waals surface area contributed by atoms with Crippen molar-refractivity contribution in [1.82, 2.24) is 4.90 Å². The van der Waals surface area contributed by atoms with Gasteiger partial charge in [0, 0.05) is 24.7 Å². The predicted octanol–water partition coefficient (Wildman–Crippen LogP) is 1.80. The van der Waals surface area contributed by atoms with Crippen molar-refractivity contribution in [3.05, 3.63) is 69.8 Å². The molecule has 0 atom stereocenters. The average Bonchev–Trinajstić information content (AvgIpc) is 2.77. The molecule has 0 spiro atoms. The number of nitro groups is 1. The number of ether oxygens (including phenoxy) is 2. The van der Waals surface area contributed by atoms with Gasteiger partial charge in [0.05, 0.1) is 18.1 Å². The fourth-order valence-corrected chi connectivity index (χ4v) is 2.81. The lowest BCUT2D eigenvalue weighted by Crippen LogP contribution is -2.42. The van der Waals surface area contributed by atoms with Gasteiger partial charge in [0.1, 0.15) is 5.75 Å². The van der Waals surface area contributed by atoms with E-state index in [-0.39, 0.29) is 18.3 Å². The molecule has 0 saturated carbocycles. The Morgan fingerprint density at radius 3 is 2.50 bits per heavy atom. The van der Waals surface area contributed by atoms with Crippen molar-refractivity contribution in [3.63, 3.8) is 0 Å². The number of carbonyl (C=O) groups is 2. The zero-order chi connectivity index (χ0) is 21.5. The SMILES string of the molecule is O=C(/C=C/c1ccc([O-])c([N+](=O)[O-])c1)c1ccc(OCC(=O)N2CCOCC2)cc1. The number of amides is 1. The Hall–Kier alpha value is -3.72. The molecule has 30 heavy (non-hydrogen) atoms. The van der Waals surface area contributed by atoms with Crippen molar-refractivity contribution in [2.75, 3.05) is 32.9 Å². The Morgan fingerprint density at radius 2 is 1.83 bits per heavy atom. The Kier molecular flexibility index (Phi) is 6.76.